The van der Waals surface area contributed by atoms with Crippen molar-refractivity contribution in [3.05, 3.63) is 59.8 Å². The van der Waals surface area contributed by atoms with E-state index in [4.69, 9.17) is 9.47 Å². The van der Waals surface area contributed by atoms with Crippen LogP contribution in [-0.2, 0) is 6.42 Å². The average Bonchev–Trinajstić information content (AvgIpc) is 2.75. The number of ether oxygens (including phenoxy) is 2. The lowest BCUT2D eigenvalue weighted by molar-refractivity contribution is 0.0972. The zero-order valence-electron chi connectivity index (χ0n) is 17.1. The molecule has 3 aromatic rings. The van der Waals surface area contributed by atoms with Crippen molar-refractivity contribution >= 4 is 28.9 Å². The van der Waals surface area contributed by atoms with Crippen LogP contribution in [0.3, 0.4) is 0 Å². The van der Waals surface area contributed by atoms with E-state index >= 15 is 0 Å². The quantitative estimate of drug-likeness (QED) is 0.580. The molecule has 4 rings (SSSR count). The molecule has 1 heterocycles. The molecular weight excluding hydrogens is 380 g/mol. The Kier molecular flexibility index (Phi) is 5.79. The smallest absolute Gasteiger partial charge is 0.229 e. The van der Waals surface area contributed by atoms with E-state index in [9.17, 15) is 4.79 Å². The monoisotopic (exact) mass is 404 g/mol. The fraction of sp³-hybridized carbons (Fsp3) is 0.261. The first-order chi connectivity index (χ1) is 14.7. The van der Waals surface area contributed by atoms with Crippen molar-refractivity contribution in [1.29, 1.82) is 0 Å². The number of aryl methyl sites for hydroxylation is 1. The third kappa shape index (κ3) is 4.35. The van der Waals surface area contributed by atoms with E-state index in [1.165, 1.54) is 0 Å². The molecule has 0 saturated heterocycles. The molecule has 1 aliphatic carbocycles. The van der Waals surface area contributed by atoms with Crippen LogP contribution in [0.15, 0.2) is 48.5 Å². The minimum absolute atomic E-state index is 0.0641. The molecule has 0 spiro atoms. The van der Waals surface area contributed by atoms with Gasteiger partial charge >= 0.3 is 0 Å². The number of nitrogens with one attached hydrogen (secondary N) is 2. The predicted octanol–water partition coefficient (Wildman–Crippen LogP) is 4.89. The molecule has 1 aromatic heterocycles. The largest absolute Gasteiger partial charge is 0.497 e. The molecule has 7 nitrogen and oxygen atoms in total. The third-order valence-corrected chi connectivity index (χ3v) is 4.83. The van der Waals surface area contributed by atoms with Gasteiger partial charge in [-0.2, -0.15) is 4.98 Å². The maximum absolute atomic E-state index is 12.6. The lowest BCUT2D eigenvalue weighted by atomic mass is 9.95. The summed E-state index contributed by atoms with van der Waals surface area (Å²) in [7, 11) is 1.62. The SMILES string of the molecule is CCOc1ccc(Nc2nc3c(c(Nc4cccc(OC)c4)n2)C(=O)CCC3)cc1. The number of anilines is 4. The Bertz CT molecular complexity index is 1050. The summed E-state index contributed by atoms with van der Waals surface area (Å²) in [4.78, 5) is 21.8. The van der Waals surface area contributed by atoms with E-state index in [0.717, 1.165) is 41.4 Å². The Morgan fingerprint density at radius 1 is 0.967 bits per heavy atom. The van der Waals surface area contributed by atoms with E-state index in [2.05, 4.69) is 20.6 Å². The van der Waals surface area contributed by atoms with Gasteiger partial charge < -0.3 is 20.1 Å². The van der Waals surface area contributed by atoms with Gasteiger partial charge in [0.15, 0.2) is 5.78 Å². The Morgan fingerprint density at radius 2 is 1.80 bits per heavy atom. The first-order valence-corrected chi connectivity index (χ1v) is 10.0. The van der Waals surface area contributed by atoms with Crippen molar-refractivity contribution in [3.8, 4) is 11.5 Å². The number of nitrogens with zero attached hydrogens (tertiary/aromatic N) is 2. The molecule has 154 valence electrons. The van der Waals surface area contributed by atoms with Crippen molar-refractivity contribution in [3.63, 3.8) is 0 Å². The van der Waals surface area contributed by atoms with Crippen molar-refractivity contribution in [2.24, 2.45) is 0 Å². The van der Waals surface area contributed by atoms with Crippen LogP contribution in [-0.4, -0.2) is 29.5 Å². The molecule has 0 unspecified atom stereocenters. The Hall–Kier alpha value is -3.61. The lowest BCUT2D eigenvalue weighted by Gasteiger charge is -2.19. The van der Waals surface area contributed by atoms with Gasteiger partial charge in [-0.1, -0.05) is 6.07 Å². The number of carbonyl (C=O) groups is 1. The first kappa shape index (κ1) is 19.7. The topological polar surface area (TPSA) is 85.4 Å². The first-order valence-electron chi connectivity index (χ1n) is 10.0. The minimum Gasteiger partial charge on any atom is -0.497 e. The number of fused-ring (bicyclic) bond motifs is 1. The Morgan fingerprint density at radius 3 is 2.57 bits per heavy atom. The molecule has 2 aromatic carbocycles. The van der Waals surface area contributed by atoms with Gasteiger partial charge in [0.25, 0.3) is 0 Å². The van der Waals surface area contributed by atoms with Crippen LogP contribution in [0.2, 0.25) is 0 Å². The number of methoxy groups -OCH3 is 1. The van der Waals surface area contributed by atoms with Crippen LogP contribution in [0.4, 0.5) is 23.1 Å². The molecule has 0 radical (unpaired) electrons. The van der Waals surface area contributed by atoms with E-state index in [0.29, 0.717) is 30.4 Å². The van der Waals surface area contributed by atoms with Gasteiger partial charge in [-0.05, 0) is 56.2 Å². The standard InChI is InChI=1S/C23H24N4O3/c1-3-30-17-12-10-15(11-13-17)25-23-26-19-8-5-9-20(28)21(19)22(27-23)24-16-6-4-7-18(14-16)29-2/h4,6-7,10-14H,3,5,8-9H2,1-2H3,(H2,24,25,26,27). The highest BCUT2D eigenvalue weighted by Crippen LogP contribution is 2.30. The van der Waals surface area contributed by atoms with E-state index in [1.54, 1.807) is 7.11 Å². The zero-order valence-corrected chi connectivity index (χ0v) is 17.1. The summed E-state index contributed by atoms with van der Waals surface area (Å²) in [6.07, 6.45) is 2.05. The summed E-state index contributed by atoms with van der Waals surface area (Å²) >= 11 is 0. The lowest BCUT2D eigenvalue weighted by Crippen LogP contribution is -2.17. The molecule has 0 amide bonds. The number of carbonyl (C=O) groups excluding carboxylic acids is 1. The zero-order chi connectivity index (χ0) is 20.9. The Labute approximate surface area is 175 Å². The molecule has 2 N–H and O–H groups in total. The summed E-state index contributed by atoms with van der Waals surface area (Å²) in [6.45, 7) is 2.57. The van der Waals surface area contributed by atoms with Crippen LogP contribution in [0.25, 0.3) is 0 Å². The molecule has 0 aliphatic heterocycles. The molecular formula is C23H24N4O3. The maximum Gasteiger partial charge on any atom is 0.229 e. The van der Waals surface area contributed by atoms with Crippen molar-refractivity contribution in [2.75, 3.05) is 24.4 Å². The number of Topliss-reactive ketones (excluding diaryl/α,β-unsaturated/α-hetero) is 1. The van der Waals surface area contributed by atoms with Crippen LogP contribution in [0.5, 0.6) is 11.5 Å². The van der Waals surface area contributed by atoms with Gasteiger partial charge in [0.2, 0.25) is 5.95 Å². The Balaban J connectivity index is 1.66. The molecule has 30 heavy (non-hydrogen) atoms. The van der Waals surface area contributed by atoms with Gasteiger partial charge in [-0.3, -0.25) is 4.79 Å². The second-order valence-electron chi connectivity index (χ2n) is 6.93. The highest BCUT2D eigenvalue weighted by Gasteiger charge is 2.24. The number of hydrogen-bond donors (Lipinski definition) is 2. The second kappa shape index (κ2) is 8.82. The molecule has 0 fully saturated rings. The number of ketones is 1. The minimum atomic E-state index is 0.0641. The number of hydrogen-bond acceptors (Lipinski definition) is 7. The summed E-state index contributed by atoms with van der Waals surface area (Å²) in [6, 6.07) is 15.1. The van der Waals surface area contributed by atoms with Crippen molar-refractivity contribution in [1.82, 2.24) is 9.97 Å². The average molecular weight is 404 g/mol. The van der Waals surface area contributed by atoms with Gasteiger partial charge in [0, 0.05) is 23.9 Å². The van der Waals surface area contributed by atoms with Crippen molar-refractivity contribution < 1.29 is 14.3 Å². The molecule has 0 saturated carbocycles. The summed E-state index contributed by atoms with van der Waals surface area (Å²) in [5.74, 6) is 2.54. The van der Waals surface area contributed by atoms with Crippen molar-refractivity contribution in [2.45, 2.75) is 26.2 Å². The fourth-order valence-corrected chi connectivity index (χ4v) is 3.44. The molecule has 0 atom stereocenters. The number of aromatic nitrogens is 2. The second-order valence-corrected chi connectivity index (χ2v) is 6.93. The van der Waals surface area contributed by atoms with Crippen LogP contribution in [0.1, 0.15) is 35.8 Å². The summed E-state index contributed by atoms with van der Waals surface area (Å²) < 4.78 is 10.8. The summed E-state index contributed by atoms with van der Waals surface area (Å²) in [5, 5.41) is 6.51. The fourth-order valence-electron chi connectivity index (χ4n) is 3.44. The predicted molar refractivity (Wildman–Crippen MR) is 116 cm³/mol. The highest BCUT2D eigenvalue weighted by atomic mass is 16.5. The third-order valence-electron chi connectivity index (χ3n) is 4.83. The molecule has 1 aliphatic rings. The van der Waals surface area contributed by atoms with Gasteiger partial charge in [0.1, 0.15) is 17.3 Å². The van der Waals surface area contributed by atoms with Crippen LogP contribution >= 0.6 is 0 Å². The highest BCUT2D eigenvalue weighted by molar-refractivity contribution is 6.03. The van der Waals surface area contributed by atoms with Gasteiger partial charge in [-0.15, -0.1) is 0 Å². The number of benzene rings is 2. The van der Waals surface area contributed by atoms with Gasteiger partial charge in [0.05, 0.1) is 25.0 Å². The van der Waals surface area contributed by atoms with E-state index in [1.807, 2.05) is 55.5 Å². The van der Waals surface area contributed by atoms with E-state index < -0.39 is 0 Å². The summed E-state index contributed by atoms with van der Waals surface area (Å²) in [5.41, 5.74) is 2.97. The maximum atomic E-state index is 12.6. The van der Waals surface area contributed by atoms with E-state index in [-0.39, 0.29) is 5.78 Å². The number of rotatable bonds is 7. The molecule has 7 heteroatoms. The van der Waals surface area contributed by atoms with Crippen LogP contribution < -0.4 is 20.1 Å². The van der Waals surface area contributed by atoms with Gasteiger partial charge in [-0.25, -0.2) is 4.98 Å². The van der Waals surface area contributed by atoms with Crippen LogP contribution in [0, 0.1) is 0 Å². The molecule has 0 bridgehead atoms. The normalized spacial score (nSPS) is 12.8.